The van der Waals surface area contributed by atoms with Crippen LogP contribution in [0.3, 0.4) is 0 Å². The van der Waals surface area contributed by atoms with Crippen LogP contribution in [0.4, 0.5) is 0 Å². The number of hydrogen-bond donors (Lipinski definition) is 0. The molecule has 1 aromatic carbocycles. The van der Waals surface area contributed by atoms with E-state index in [1.54, 1.807) is 13.1 Å². The van der Waals surface area contributed by atoms with Crippen molar-refractivity contribution >= 4 is 27.9 Å². The first kappa shape index (κ1) is 22.4. The number of rotatable bonds is 8. The Morgan fingerprint density at radius 3 is 2.68 bits per heavy atom. The van der Waals surface area contributed by atoms with Gasteiger partial charge in [0.15, 0.2) is 0 Å². The standard InChI is InChI=1S/C21H33N3O3S/c1-15-20(16(2)24(23-15)14-27-10-11-28(5,6)7)19-12-17(21(25)26-4)8-9-18(19)13-22-3/h8-9,12-13,16,20H,10-11,14H2,1-7H3. The first-order valence-electron chi connectivity index (χ1n) is 9.38. The maximum Gasteiger partial charge on any atom is 0.337 e. The van der Waals surface area contributed by atoms with Crippen LogP contribution in [0.5, 0.6) is 0 Å². The minimum absolute atomic E-state index is 0.0643. The van der Waals surface area contributed by atoms with Gasteiger partial charge in [0.05, 0.1) is 25.3 Å². The molecule has 0 N–H and O–H groups in total. The fourth-order valence-electron chi connectivity index (χ4n) is 3.32. The van der Waals surface area contributed by atoms with E-state index in [2.05, 4.69) is 30.7 Å². The number of benzene rings is 1. The molecule has 0 amide bonds. The molecule has 1 aliphatic rings. The van der Waals surface area contributed by atoms with Gasteiger partial charge in [-0.15, -0.1) is 0 Å². The number of esters is 1. The van der Waals surface area contributed by atoms with Gasteiger partial charge in [0.25, 0.3) is 0 Å². The zero-order valence-electron chi connectivity index (χ0n) is 18.1. The van der Waals surface area contributed by atoms with Crippen LogP contribution in [0.1, 0.15) is 41.3 Å². The van der Waals surface area contributed by atoms with Crippen molar-refractivity contribution in [3.63, 3.8) is 0 Å². The van der Waals surface area contributed by atoms with Gasteiger partial charge in [-0.3, -0.25) is 10.0 Å². The number of hydrogen-bond acceptors (Lipinski definition) is 6. The topological polar surface area (TPSA) is 63.5 Å². The predicted molar refractivity (Wildman–Crippen MR) is 119 cm³/mol. The number of aliphatic imine (C=N–C) groups is 1. The van der Waals surface area contributed by atoms with Crippen LogP contribution in [0.2, 0.25) is 0 Å². The zero-order valence-corrected chi connectivity index (χ0v) is 18.9. The average Bonchev–Trinajstić information content (AvgIpc) is 2.91. The first-order valence-corrected chi connectivity index (χ1v) is 12.4. The van der Waals surface area contributed by atoms with Crippen molar-refractivity contribution in [1.29, 1.82) is 0 Å². The maximum atomic E-state index is 12.0. The highest BCUT2D eigenvalue weighted by atomic mass is 32.3. The second kappa shape index (κ2) is 9.56. The first-order chi connectivity index (χ1) is 13.2. The minimum atomic E-state index is -0.563. The number of ether oxygens (including phenoxy) is 2. The van der Waals surface area contributed by atoms with Gasteiger partial charge in [-0.05, 0) is 55.9 Å². The van der Waals surface area contributed by atoms with Crippen LogP contribution in [-0.2, 0) is 9.47 Å². The third kappa shape index (κ3) is 5.58. The Kier molecular flexibility index (Phi) is 7.66. The van der Waals surface area contributed by atoms with Gasteiger partial charge in [0.1, 0.15) is 6.73 Å². The van der Waals surface area contributed by atoms with E-state index >= 15 is 0 Å². The molecule has 0 fully saturated rings. The molecule has 2 atom stereocenters. The molecule has 0 spiro atoms. The summed E-state index contributed by atoms with van der Waals surface area (Å²) in [5.41, 5.74) is 3.56. The lowest BCUT2D eigenvalue weighted by atomic mass is 9.85. The summed E-state index contributed by atoms with van der Waals surface area (Å²) < 4.78 is 10.8. The van der Waals surface area contributed by atoms with Crippen molar-refractivity contribution < 1.29 is 14.3 Å². The average molecular weight is 408 g/mol. The lowest BCUT2D eigenvalue weighted by molar-refractivity contribution is 0.0228. The van der Waals surface area contributed by atoms with Crippen LogP contribution < -0.4 is 0 Å². The highest BCUT2D eigenvalue weighted by molar-refractivity contribution is 8.32. The SMILES string of the molecule is CN=Cc1ccc(C(=O)OC)cc1C1C(C)=NN(COCCS(C)(C)C)C1C. The van der Waals surface area contributed by atoms with Gasteiger partial charge in [-0.25, -0.2) is 14.8 Å². The molecule has 2 unspecified atom stereocenters. The third-order valence-corrected chi connectivity index (χ3v) is 6.25. The minimum Gasteiger partial charge on any atom is -0.465 e. The molecule has 28 heavy (non-hydrogen) atoms. The molecule has 0 radical (unpaired) electrons. The van der Waals surface area contributed by atoms with E-state index in [0.717, 1.165) is 29.2 Å². The normalized spacial score (nSPS) is 20.5. The molecule has 0 bridgehead atoms. The molecule has 156 valence electrons. The molecule has 0 saturated heterocycles. The van der Waals surface area contributed by atoms with Gasteiger partial charge in [0.2, 0.25) is 0 Å². The Balaban J connectivity index is 2.20. The molecule has 0 aliphatic carbocycles. The summed E-state index contributed by atoms with van der Waals surface area (Å²) >= 11 is 0. The maximum absolute atomic E-state index is 12.0. The number of carbonyl (C=O) groups excluding carboxylic acids is 1. The summed E-state index contributed by atoms with van der Waals surface area (Å²) in [7, 11) is 2.58. The van der Waals surface area contributed by atoms with E-state index in [1.807, 2.05) is 30.3 Å². The summed E-state index contributed by atoms with van der Waals surface area (Å²) in [6.07, 6.45) is 8.69. The van der Waals surface area contributed by atoms with Gasteiger partial charge in [-0.2, -0.15) is 5.10 Å². The largest absolute Gasteiger partial charge is 0.465 e. The third-order valence-electron chi connectivity index (χ3n) is 4.86. The van der Waals surface area contributed by atoms with Crippen LogP contribution in [0.15, 0.2) is 28.3 Å². The number of hydrazone groups is 1. The smallest absolute Gasteiger partial charge is 0.337 e. The molecule has 1 heterocycles. The number of nitrogens with zero attached hydrogens (tertiary/aromatic N) is 3. The molecule has 0 saturated carbocycles. The summed E-state index contributed by atoms with van der Waals surface area (Å²) in [6, 6.07) is 5.71. The summed E-state index contributed by atoms with van der Waals surface area (Å²) in [5, 5.41) is 6.72. The Hall–Kier alpha value is -1.86. The Morgan fingerprint density at radius 2 is 2.07 bits per heavy atom. The molecule has 1 aromatic rings. The van der Waals surface area contributed by atoms with E-state index in [0.29, 0.717) is 12.3 Å². The van der Waals surface area contributed by atoms with Crippen LogP contribution in [0, 0.1) is 0 Å². The van der Waals surface area contributed by atoms with Crippen molar-refractivity contribution in [2.75, 3.05) is 52.0 Å². The van der Waals surface area contributed by atoms with Crippen molar-refractivity contribution in [2.24, 2.45) is 10.1 Å². The molecular weight excluding hydrogens is 374 g/mol. The second-order valence-corrected chi connectivity index (χ2v) is 12.5. The molecule has 7 heteroatoms. The zero-order chi connectivity index (χ0) is 20.9. The van der Waals surface area contributed by atoms with E-state index in [9.17, 15) is 4.79 Å². The number of methoxy groups -OCH3 is 1. The van der Waals surface area contributed by atoms with Crippen LogP contribution in [-0.4, -0.2) is 81.0 Å². The van der Waals surface area contributed by atoms with Crippen molar-refractivity contribution in [3.05, 3.63) is 34.9 Å². The van der Waals surface area contributed by atoms with Crippen LogP contribution in [0.25, 0.3) is 0 Å². The fourth-order valence-corrected chi connectivity index (χ4v) is 3.94. The molecular formula is C21H33N3O3S. The molecule has 1 aliphatic heterocycles. The Labute approximate surface area is 170 Å². The fraction of sp³-hybridized carbons (Fsp3) is 0.571. The lowest BCUT2D eigenvalue weighted by Crippen LogP contribution is -2.32. The predicted octanol–water partition coefficient (Wildman–Crippen LogP) is 3.35. The molecule has 6 nitrogen and oxygen atoms in total. The molecule has 2 rings (SSSR count). The van der Waals surface area contributed by atoms with E-state index < -0.39 is 10.0 Å². The van der Waals surface area contributed by atoms with Crippen LogP contribution >= 0.6 is 10.0 Å². The van der Waals surface area contributed by atoms with Crippen molar-refractivity contribution in [1.82, 2.24) is 5.01 Å². The van der Waals surface area contributed by atoms with Crippen molar-refractivity contribution in [2.45, 2.75) is 25.8 Å². The Morgan fingerprint density at radius 1 is 1.36 bits per heavy atom. The van der Waals surface area contributed by atoms with Gasteiger partial charge < -0.3 is 9.47 Å². The number of carbonyl (C=O) groups is 1. The summed E-state index contributed by atoms with van der Waals surface area (Å²) in [4.78, 5) is 16.2. The van der Waals surface area contributed by atoms with E-state index in [4.69, 9.17) is 14.6 Å². The van der Waals surface area contributed by atoms with E-state index in [-0.39, 0.29) is 17.9 Å². The van der Waals surface area contributed by atoms with Gasteiger partial charge in [-0.1, -0.05) is 6.07 Å². The van der Waals surface area contributed by atoms with Crippen molar-refractivity contribution in [3.8, 4) is 0 Å². The highest BCUT2D eigenvalue weighted by Crippen LogP contribution is 2.35. The molecule has 0 aromatic heterocycles. The van der Waals surface area contributed by atoms with Gasteiger partial charge >= 0.3 is 5.97 Å². The van der Waals surface area contributed by atoms with E-state index in [1.165, 1.54) is 7.11 Å². The lowest BCUT2D eigenvalue weighted by Gasteiger charge is -2.27. The Bertz CT molecular complexity index is 756. The van der Waals surface area contributed by atoms with Gasteiger partial charge in [0, 0.05) is 30.6 Å². The second-order valence-electron chi connectivity index (χ2n) is 7.95. The summed E-state index contributed by atoms with van der Waals surface area (Å²) in [6.45, 7) is 5.38. The summed E-state index contributed by atoms with van der Waals surface area (Å²) in [5.74, 6) is 0.806. The monoisotopic (exact) mass is 407 g/mol. The quantitative estimate of drug-likeness (QED) is 0.377. The highest BCUT2D eigenvalue weighted by Gasteiger charge is 2.34.